The summed E-state index contributed by atoms with van der Waals surface area (Å²) in [5.41, 5.74) is 1.23. The van der Waals surface area contributed by atoms with Gasteiger partial charge in [-0.3, -0.25) is 9.78 Å². The second kappa shape index (κ2) is 5.50. The van der Waals surface area contributed by atoms with E-state index in [-0.39, 0.29) is 5.91 Å². The number of amides is 1. The van der Waals surface area contributed by atoms with Crippen LogP contribution in [0.5, 0.6) is 0 Å². The summed E-state index contributed by atoms with van der Waals surface area (Å²) in [5, 5.41) is 0.434. The molecule has 0 saturated carbocycles. The van der Waals surface area contributed by atoms with Gasteiger partial charge in [0.15, 0.2) is 0 Å². The molecule has 0 aliphatic carbocycles. The summed E-state index contributed by atoms with van der Waals surface area (Å²) in [6.07, 6.45) is 3.28. The number of pyridine rings is 1. The van der Waals surface area contributed by atoms with Gasteiger partial charge in [-0.1, -0.05) is 27.5 Å². The van der Waals surface area contributed by atoms with Gasteiger partial charge >= 0.3 is 0 Å². The van der Waals surface area contributed by atoms with Crippen molar-refractivity contribution >= 4 is 39.1 Å². The van der Waals surface area contributed by atoms with Gasteiger partial charge in [-0.15, -0.1) is 0 Å². The highest BCUT2D eigenvalue weighted by molar-refractivity contribution is 9.10. The maximum atomic E-state index is 12.3. The molecule has 5 heteroatoms. The van der Waals surface area contributed by atoms with E-state index in [4.69, 9.17) is 11.6 Å². The molecule has 2 rings (SSSR count). The van der Waals surface area contributed by atoms with Crippen molar-refractivity contribution in [1.29, 1.82) is 0 Å². The molecule has 0 spiro atoms. The average molecular weight is 326 g/mol. The van der Waals surface area contributed by atoms with Crippen molar-refractivity contribution in [1.82, 2.24) is 4.98 Å². The second-order valence-electron chi connectivity index (χ2n) is 3.69. The molecule has 1 heterocycles. The van der Waals surface area contributed by atoms with E-state index < -0.39 is 0 Å². The van der Waals surface area contributed by atoms with Crippen LogP contribution in [0.1, 0.15) is 10.4 Å². The normalized spacial score (nSPS) is 10.2. The van der Waals surface area contributed by atoms with Crippen molar-refractivity contribution in [2.24, 2.45) is 0 Å². The summed E-state index contributed by atoms with van der Waals surface area (Å²) in [7, 11) is 1.70. The van der Waals surface area contributed by atoms with Crippen LogP contribution in [0.15, 0.2) is 47.2 Å². The summed E-state index contributed by atoms with van der Waals surface area (Å²) in [5.74, 6) is -0.160. The fraction of sp³-hybridized carbons (Fsp3) is 0.0769. The van der Waals surface area contributed by atoms with E-state index in [1.807, 2.05) is 0 Å². The Bertz CT molecular complexity index is 574. The van der Waals surface area contributed by atoms with E-state index in [1.54, 1.807) is 49.8 Å². The van der Waals surface area contributed by atoms with Gasteiger partial charge in [-0.05, 0) is 30.3 Å². The average Bonchev–Trinajstić information content (AvgIpc) is 2.41. The third-order valence-corrected chi connectivity index (χ3v) is 3.34. The van der Waals surface area contributed by atoms with E-state index in [1.165, 1.54) is 4.90 Å². The maximum Gasteiger partial charge on any atom is 0.259 e. The number of aromatic nitrogens is 1. The van der Waals surface area contributed by atoms with Gasteiger partial charge in [0, 0.05) is 29.6 Å². The number of nitrogens with zero attached hydrogens (tertiary/aromatic N) is 2. The standard InChI is InChI=1S/C13H10BrClN2O/c1-17(10-4-6-16-7-5-10)13(18)11-8-9(14)2-3-12(11)15/h2-8H,1H3. The highest BCUT2D eigenvalue weighted by atomic mass is 79.9. The molecule has 2 aromatic rings. The Morgan fingerprint density at radius 1 is 1.28 bits per heavy atom. The minimum absolute atomic E-state index is 0.160. The molecule has 0 fully saturated rings. The largest absolute Gasteiger partial charge is 0.311 e. The van der Waals surface area contributed by atoms with Crippen molar-refractivity contribution in [3.8, 4) is 0 Å². The van der Waals surface area contributed by atoms with Gasteiger partial charge in [0.25, 0.3) is 5.91 Å². The third kappa shape index (κ3) is 2.71. The Labute approximate surface area is 119 Å². The molecule has 1 aromatic carbocycles. The first-order valence-electron chi connectivity index (χ1n) is 5.22. The smallest absolute Gasteiger partial charge is 0.259 e. The minimum atomic E-state index is -0.160. The monoisotopic (exact) mass is 324 g/mol. The SMILES string of the molecule is CN(C(=O)c1cc(Br)ccc1Cl)c1ccncc1. The van der Waals surface area contributed by atoms with Gasteiger partial charge in [-0.25, -0.2) is 0 Å². The van der Waals surface area contributed by atoms with E-state index >= 15 is 0 Å². The fourth-order valence-corrected chi connectivity index (χ4v) is 2.09. The van der Waals surface area contributed by atoms with Gasteiger partial charge < -0.3 is 4.90 Å². The lowest BCUT2D eigenvalue weighted by molar-refractivity contribution is 0.0993. The lowest BCUT2D eigenvalue weighted by Gasteiger charge is -2.17. The molecular formula is C13H10BrClN2O. The van der Waals surface area contributed by atoms with Crippen LogP contribution < -0.4 is 4.90 Å². The molecule has 0 unspecified atom stereocenters. The van der Waals surface area contributed by atoms with Crippen LogP contribution in [0.2, 0.25) is 5.02 Å². The van der Waals surface area contributed by atoms with Crippen LogP contribution in [-0.4, -0.2) is 17.9 Å². The van der Waals surface area contributed by atoms with E-state index in [9.17, 15) is 4.79 Å². The van der Waals surface area contributed by atoms with Crippen LogP contribution in [0.25, 0.3) is 0 Å². The number of carbonyl (C=O) groups is 1. The summed E-state index contributed by atoms with van der Waals surface area (Å²) < 4.78 is 0.818. The van der Waals surface area contributed by atoms with Crippen molar-refractivity contribution in [2.45, 2.75) is 0 Å². The van der Waals surface area contributed by atoms with Crippen molar-refractivity contribution in [2.75, 3.05) is 11.9 Å². The molecule has 0 N–H and O–H groups in total. The first-order valence-corrected chi connectivity index (χ1v) is 6.40. The van der Waals surface area contributed by atoms with Crippen molar-refractivity contribution in [3.05, 3.63) is 57.8 Å². The quantitative estimate of drug-likeness (QED) is 0.842. The molecule has 0 saturated heterocycles. The topological polar surface area (TPSA) is 33.2 Å². The Morgan fingerprint density at radius 3 is 2.61 bits per heavy atom. The van der Waals surface area contributed by atoms with Gasteiger partial charge in [-0.2, -0.15) is 0 Å². The first-order chi connectivity index (χ1) is 8.59. The third-order valence-electron chi connectivity index (χ3n) is 2.51. The maximum absolute atomic E-state index is 12.3. The summed E-state index contributed by atoms with van der Waals surface area (Å²) >= 11 is 9.37. The number of rotatable bonds is 2. The molecule has 1 aromatic heterocycles. The van der Waals surface area contributed by atoms with Crippen LogP contribution in [0.3, 0.4) is 0 Å². The van der Waals surface area contributed by atoms with Gasteiger partial charge in [0.2, 0.25) is 0 Å². The number of halogens is 2. The molecule has 0 aliphatic rings. The Kier molecular flexibility index (Phi) is 3.99. The predicted molar refractivity (Wildman–Crippen MR) is 76.1 cm³/mol. The molecule has 1 amide bonds. The number of anilines is 1. The van der Waals surface area contributed by atoms with Gasteiger partial charge in [0.1, 0.15) is 0 Å². The van der Waals surface area contributed by atoms with Crippen LogP contribution in [-0.2, 0) is 0 Å². The number of benzene rings is 1. The summed E-state index contributed by atoms with van der Waals surface area (Å²) in [6.45, 7) is 0. The molecule has 0 atom stereocenters. The van der Waals surface area contributed by atoms with Gasteiger partial charge in [0.05, 0.1) is 10.6 Å². The molecule has 0 aliphatic heterocycles. The van der Waals surface area contributed by atoms with E-state index in [0.29, 0.717) is 10.6 Å². The molecule has 92 valence electrons. The zero-order valence-corrected chi connectivity index (χ0v) is 11.9. The molecular weight excluding hydrogens is 316 g/mol. The van der Waals surface area contributed by atoms with Crippen molar-refractivity contribution < 1.29 is 4.79 Å². The Balaban J connectivity index is 2.34. The lowest BCUT2D eigenvalue weighted by Crippen LogP contribution is -2.26. The summed E-state index contributed by atoms with van der Waals surface area (Å²) in [4.78, 5) is 17.8. The predicted octanol–water partition coefficient (Wildman–Crippen LogP) is 3.77. The Hall–Kier alpha value is -1.39. The zero-order valence-electron chi connectivity index (χ0n) is 9.60. The van der Waals surface area contributed by atoms with E-state index in [0.717, 1.165) is 10.2 Å². The van der Waals surface area contributed by atoms with Crippen LogP contribution >= 0.6 is 27.5 Å². The number of carbonyl (C=O) groups excluding carboxylic acids is 1. The Morgan fingerprint density at radius 2 is 1.94 bits per heavy atom. The molecule has 0 bridgehead atoms. The number of hydrogen-bond donors (Lipinski definition) is 0. The van der Waals surface area contributed by atoms with Crippen molar-refractivity contribution in [3.63, 3.8) is 0 Å². The molecule has 0 radical (unpaired) electrons. The van der Waals surface area contributed by atoms with E-state index in [2.05, 4.69) is 20.9 Å². The van der Waals surface area contributed by atoms with Crippen LogP contribution in [0.4, 0.5) is 5.69 Å². The highest BCUT2D eigenvalue weighted by Crippen LogP contribution is 2.23. The first kappa shape index (κ1) is 13.1. The molecule has 18 heavy (non-hydrogen) atoms. The fourth-order valence-electron chi connectivity index (χ4n) is 1.53. The second-order valence-corrected chi connectivity index (χ2v) is 5.02. The molecule has 3 nitrogen and oxygen atoms in total. The number of hydrogen-bond acceptors (Lipinski definition) is 2. The zero-order chi connectivity index (χ0) is 13.1. The highest BCUT2D eigenvalue weighted by Gasteiger charge is 2.16. The lowest BCUT2D eigenvalue weighted by atomic mass is 10.2. The minimum Gasteiger partial charge on any atom is -0.311 e. The van der Waals surface area contributed by atoms with Crippen LogP contribution in [0, 0.1) is 0 Å². The summed E-state index contributed by atoms with van der Waals surface area (Å²) in [6, 6.07) is 8.74.